The van der Waals surface area contributed by atoms with Crippen LogP contribution in [0.3, 0.4) is 0 Å². The van der Waals surface area contributed by atoms with E-state index in [1.807, 2.05) is 45.0 Å². The van der Waals surface area contributed by atoms with Crippen molar-refractivity contribution in [2.45, 2.75) is 33.3 Å². The Balaban J connectivity index is 1.74. The lowest BCUT2D eigenvalue weighted by Crippen LogP contribution is -2.50. The van der Waals surface area contributed by atoms with Crippen LogP contribution in [0.5, 0.6) is 5.75 Å². The molecule has 2 aromatic carbocycles. The molecule has 1 fully saturated rings. The van der Waals surface area contributed by atoms with Crippen molar-refractivity contribution in [2.75, 3.05) is 31.1 Å². The zero-order valence-electron chi connectivity index (χ0n) is 16.5. The third kappa shape index (κ3) is 4.54. The van der Waals surface area contributed by atoms with E-state index >= 15 is 0 Å². The Bertz CT molecular complexity index is 819. The first-order valence-corrected chi connectivity index (χ1v) is 9.36. The van der Waals surface area contributed by atoms with E-state index in [-0.39, 0.29) is 11.8 Å². The molecule has 0 aliphatic carbocycles. The first-order valence-electron chi connectivity index (χ1n) is 9.36. The molecule has 5 nitrogen and oxygen atoms in total. The molecule has 2 aromatic rings. The van der Waals surface area contributed by atoms with E-state index in [0.29, 0.717) is 13.1 Å². The zero-order valence-corrected chi connectivity index (χ0v) is 16.5. The van der Waals surface area contributed by atoms with Crippen molar-refractivity contribution in [3.8, 4) is 16.9 Å². The molecule has 0 unspecified atom stereocenters. The average molecular weight is 368 g/mol. The summed E-state index contributed by atoms with van der Waals surface area (Å²) in [6, 6.07) is 13.6. The molecule has 0 radical (unpaired) electrons. The molecule has 1 N–H and O–H groups in total. The van der Waals surface area contributed by atoms with E-state index in [2.05, 4.69) is 24.0 Å². The standard InChI is InChI=1S/C22H28N2O3/c1-16-9-10-17(18-7-5-6-8-20(18)25)15-19(16)23-11-13-24(14-12-23)21(26)27-22(2,3)4/h5-10,15,25H,11-14H2,1-4H3. The lowest BCUT2D eigenvalue weighted by molar-refractivity contribution is 0.0240. The third-order valence-corrected chi connectivity index (χ3v) is 4.70. The van der Waals surface area contributed by atoms with E-state index in [1.54, 1.807) is 11.0 Å². The van der Waals surface area contributed by atoms with Gasteiger partial charge in [-0.2, -0.15) is 0 Å². The molecule has 5 heteroatoms. The van der Waals surface area contributed by atoms with Gasteiger partial charge in [-0.05, 0) is 51.0 Å². The molecule has 1 aliphatic heterocycles. The number of aryl methyl sites for hydroxylation is 1. The SMILES string of the molecule is Cc1ccc(-c2ccccc2O)cc1N1CCN(C(=O)OC(C)(C)C)CC1. The number of phenols is 1. The van der Waals surface area contributed by atoms with Crippen molar-refractivity contribution in [1.29, 1.82) is 0 Å². The lowest BCUT2D eigenvalue weighted by Gasteiger charge is -2.37. The van der Waals surface area contributed by atoms with Gasteiger partial charge in [0.05, 0.1) is 0 Å². The van der Waals surface area contributed by atoms with E-state index in [9.17, 15) is 9.90 Å². The second-order valence-corrected chi connectivity index (χ2v) is 7.97. The summed E-state index contributed by atoms with van der Waals surface area (Å²) in [5, 5.41) is 10.2. The van der Waals surface area contributed by atoms with Gasteiger partial charge in [-0.3, -0.25) is 0 Å². The fourth-order valence-corrected chi connectivity index (χ4v) is 3.29. The maximum absolute atomic E-state index is 12.3. The molecule has 27 heavy (non-hydrogen) atoms. The first-order chi connectivity index (χ1) is 12.7. The van der Waals surface area contributed by atoms with Crippen molar-refractivity contribution in [3.05, 3.63) is 48.0 Å². The minimum atomic E-state index is -0.475. The van der Waals surface area contributed by atoms with Crippen molar-refractivity contribution in [3.63, 3.8) is 0 Å². The Morgan fingerprint density at radius 2 is 1.70 bits per heavy atom. The minimum absolute atomic E-state index is 0.248. The number of carbonyl (C=O) groups is 1. The predicted octanol–water partition coefficient (Wildman–Crippen LogP) is 4.42. The van der Waals surface area contributed by atoms with Crippen LogP contribution in [0.4, 0.5) is 10.5 Å². The summed E-state index contributed by atoms with van der Waals surface area (Å²) < 4.78 is 5.47. The molecule has 1 heterocycles. The highest BCUT2D eigenvalue weighted by Gasteiger charge is 2.26. The second-order valence-electron chi connectivity index (χ2n) is 7.97. The number of para-hydroxylation sites is 1. The molecule has 0 bridgehead atoms. The Morgan fingerprint density at radius 3 is 2.33 bits per heavy atom. The molecule has 1 amide bonds. The van der Waals surface area contributed by atoms with Crippen LogP contribution in [0, 0.1) is 6.92 Å². The monoisotopic (exact) mass is 368 g/mol. The van der Waals surface area contributed by atoms with Crippen LogP contribution >= 0.6 is 0 Å². The molecule has 0 saturated carbocycles. The summed E-state index contributed by atoms with van der Waals surface area (Å²) >= 11 is 0. The smallest absolute Gasteiger partial charge is 0.410 e. The number of phenolic OH excluding ortho intramolecular Hbond substituents is 1. The third-order valence-electron chi connectivity index (χ3n) is 4.70. The molecular formula is C22H28N2O3. The summed E-state index contributed by atoms with van der Waals surface area (Å²) in [6.07, 6.45) is -0.248. The highest BCUT2D eigenvalue weighted by Crippen LogP contribution is 2.33. The number of anilines is 1. The molecule has 0 spiro atoms. The molecule has 1 aliphatic rings. The van der Waals surface area contributed by atoms with Gasteiger partial charge in [0.2, 0.25) is 0 Å². The van der Waals surface area contributed by atoms with Crippen LogP contribution in [-0.4, -0.2) is 47.9 Å². The number of nitrogens with zero attached hydrogens (tertiary/aromatic N) is 2. The van der Waals surface area contributed by atoms with Crippen LogP contribution in [0.1, 0.15) is 26.3 Å². The maximum Gasteiger partial charge on any atom is 0.410 e. The number of hydrogen-bond acceptors (Lipinski definition) is 4. The quantitative estimate of drug-likeness (QED) is 0.852. The molecule has 0 aromatic heterocycles. The van der Waals surface area contributed by atoms with Gasteiger partial charge >= 0.3 is 6.09 Å². The number of aromatic hydroxyl groups is 1. The Morgan fingerprint density at radius 1 is 1.04 bits per heavy atom. The van der Waals surface area contributed by atoms with Gasteiger partial charge in [0, 0.05) is 37.4 Å². The van der Waals surface area contributed by atoms with E-state index in [0.717, 1.165) is 29.9 Å². The van der Waals surface area contributed by atoms with Gasteiger partial charge in [-0.15, -0.1) is 0 Å². The minimum Gasteiger partial charge on any atom is -0.507 e. The van der Waals surface area contributed by atoms with Crippen LogP contribution in [0.15, 0.2) is 42.5 Å². The van der Waals surface area contributed by atoms with E-state index in [1.165, 1.54) is 5.56 Å². The van der Waals surface area contributed by atoms with Crippen LogP contribution in [-0.2, 0) is 4.74 Å². The van der Waals surface area contributed by atoms with E-state index < -0.39 is 5.60 Å². The average Bonchev–Trinajstić information content (AvgIpc) is 2.61. The van der Waals surface area contributed by atoms with Crippen molar-refractivity contribution in [2.24, 2.45) is 0 Å². The molecule has 0 atom stereocenters. The first kappa shape index (κ1) is 19.1. The van der Waals surface area contributed by atoms with Crippen LogP contribution < -0.4 is 4.90 Å². The summed E-state index contributed by atoms with van der Waals surface area (Å²) in [6.45, 7) is 10.5. The highest BCUT2D eigenvalue weighted by molar-refractivity contribution is 5.75. The van der Waals surface area contributed by atoms with E-state index in [4.69, 9.17) is 4.74 Å². The number of piperazine rings is 1. The van der Waals surface area contributed by atoms with Crippen LogP contribution in [0.2, 0.25) is 0 Å². The van der Waals surface area contributed by atoms with Gasteiger partial charge in [-0.1, -0.05) is 30.3 Å². The van der Waals surface area contributed by atoms with Gasteiger partial charge in [0.25, 0.3) is 0 Å². The maximum atomic E-state index is 12.3. The summed E-state index contributed by atoms with van der Waals surface area (Å²) in [5.74, 6) is 0.280. The molecule has 144 valence electrons. The number of carbonyl (C=O) groups excluding carboxylic acids is 1. The topological polar surface area (TPSA) is 53.0 Å². The summed E-state index contributed by atoms with van der Waals surface area (Å²) in [5.41, 5.74) is 3.66. The fourth-order valence-electron chi connectivity index (χ4n) is 3.29. The number of ether oxygens (including phenoxy) is 1. The van der Waals surface area contributed by atoms with Crippen molar-refractivity contribution >= 4 is 11.8 Å². The summed E-state index contributed by atoms with van der Waals surface area (Å²) in [4.78, 5) is 16.3. The van der Waals surface area contributed by atoms with Gasteiger partial charge in [-0.25, -0.2) is 4.79 Å². The van der Waals surface area contributed by atoms with Crippen molar-refractivity contribution in [1.82, 2.24) is 4.90 Å². The largest absolute Gasteiger partial charge is 0.507 e. The zero-order chi connectivity index (χ0) is 19.6. The molecule has 1 saturated heterocycles. The summed E-state index contributed by atoms with van der Waals surface area (Å²) in [7, 11) is 0. The molecule has 3 rings (SSSR count). The molecular weight excluding hydrogens is 340 g/mol. The van der Waals surface area contributed by atoms with Gasteiger partial charge in [0.15, 0.2) is 0 Å². The highest BCUT2D eigenvalue weighted by atomic mass is 16.6. The Kier molecular flexibility index (Phi) is 5.31. The Hall–Kier alpha value is -2.69. The van der Waals surface area contributed by atoms with Gasteiger partial charge in [0.1, 0.15) is 11.4 Å². The fraction of sp³-hybridized carbons (Fsp3) is 0.409. The van der Waals surface area contributed by atoms with Gasteiger partial charge < -0.3 is 19.6 Å². The number of benzene rings is 2. The van der Waals surface area contributed by atoms with Crippen molar-refractivity contribution < 1.29 is 14.6 Å². The number of rotatable bonds is 2. The lowest BCUT2D eigenvalue weighted by atomic mass is 10.0. The Labute approximate surface area is 161 Å². The normalized spacial score (nSPS) is 15.0. The number of amides is 1. The second kappa shape index (κ2) is 7.51. The number of hydrogen-bond donors (Lipinski definition) is 1. The predicted molar refractivity (Wildman–Crippen MR) is 108 cm³/mol. The van der Waals surface area contributed by atoms with Crippen LogP contribution in [0.25, 0.3) is 11.1 Å².